The van der Waals surface area contributed by atoms with Gasteiger partial charge in [-0.1, -0.05) is 12.1 Å². The maximum Gasteiger partial charge on any atom is 0.198 e. The van der Waals surface area contributed by atoms with Crippen molar-refractivity contribution >= 4 is 6.29 Å². The lowest BCUT2D eigenvalue weighted by Crippen LogP contribution is -1.95. The monoisotopic (exact) mass is 273 g/mol. The van der Waals surface area contributed by atoms with Gasteiger partial charge in [0, 0.05) is 5.56 Å². The maximum atomic E-state index is 13.6. The Morgan fingerprint density at radius 1 is 1.15 bits per heavy atom. The molecule has 0 N–H and O–H groups in total. The first kappa shape index (κ1) is 13.7. The summed E-state index contributed by atoms with van der Waals surface area (Å²) in [6, 6.07) is 10.1. The van der Waals surface area contributed by atoms with Crippen LogP contribution in [0, 0.1) is 23.0 Å². The molecule has 5 heteroatoms. The predicted octanol–water partition coefficient (Wildman–Crippen LogP) is 3.64. The molecule has 0 spiro atoms. The van der Waals surface area contributed by atoms with Crippen LogP contribution in [0.5, 0.6) is 11.5 Å². The van der Waals surface area contributed by atoms with E-state index in [-0.39, 0.29) is 17.7 Å². The topological polar surface area (TPSA) is 50.1 Å². The van der Waals surface area contributed by atoms with Crippen molar-refractivity contribution in [3.63, 3.8) is 0 Å². The number of nitriles is 1. The highest BCUT2D eigenvalue weighted by molar-refractivity contribution is 5.75. The van der Waals surface area contributed by atoms with Gasteiger partial charge in [-0.05, 0) is 29.8 Å². The van der Waals surface area contributed by atoms with E-state index in [1.165, 1.54) is 12.1 Å². The number of ether oxygens (including phenoxy) is 1. The average Bonchev–Trinajstić information content (AvgIpc) is 2.44. The Hall–Kier alpha value is -2.74. The quantitative estimate of drug-likeness (QED) is 0.799. The summed E-state index contributed by atoms with van der Waals surface area (Å²) in [5.41, 5.74) is 0.675. The van der Waals surface area contributed by atoms with E-state index in [4.69, 9.17) is 10.00 Å². The van der Waals surface area contributed by atoms with E-state index in [0.717, 1.165) is 17.7 Å². The van der Waals surface area contributed by atoms with Crippen LogP contribution < -0.4 is 4.74 Å². The van der Waals surface area contributed by atoms with Gasteiger partial charge in [0.05, 0.1) is 12.5 Å². The highest BCUT2D eigenvalue weighted by atomic mass is 19.1. The molecule has 0 aliphatic carbocycles. The molecule has 0 radical (unpaired) electrons. The van der Waals surface area contributed by atoms with Gasteiger partial charge in [-0.2, -0.15) is 5.26 Å². The molecule has 0 aromatic heterocycles. The van der Waals surface area contributed by atoms with Crippen LogP contribution in [-0.2, 0) is 6.42 Å². The molecule has 0 atom stereocenters. The number of halogens is 2. The normalized spacial score (nSPS) is 9.85. The Morgan fingerprint density at radius 3 is 2.25 bits per heavy atom. The van der Waals surface area contributed by atoms with E-state index in [0.29, 0.717) is 6.29 Å². The highest BCUT2D eigenvalue weighted by Gasteiger charge is 2.13. The number of carbonyl (C=O) groups is 1. The minimum Gasteiger partial charge on any atom is -0.451 e. The first-order valence-electron chi connectivity index (χ1n) is 5.72. The lowest BCUT2D eigenvalue weighted by atomic mass is 10.1. The second-order valence-corrected chi connectivity index (χ2v) is 4.01. The predicted molar refractivity (Wildman–Crippen MR) is 67.6 cm³/mol. The van der Waals surface area contributed by atoms with Crippen LogP contribution in [-0.4, -0.2) is 6.29 Å². The molecule has 0 heterocycles. The van der Waals surface area contributed by atoms with E-state index in [1.54, 1.807) is 12.1 Å². The van der Waals surface area contributed by atoms with E-state index < -0.39 is 17.4 Å². The SMILES string of the molecule is N#CCc1ccc(Oc2c(F)cc(C=O)cc2F)cc1. The van der Waals surface area contributed by atoms with Crippen molar-refractivity contribution in [3.05, 3.63) is 59.2 Å². The van der Waals surface area contributed by atoms with Gasteiger partial charge in [-0.25, -0.2) is 8.78 Å². The standard InChI is InChI=1S/C15H9F2NO2/c16-13-7-11(9-19)8-14(17)15(13)20-12-3-1-10(2-4-12)5-6-18/h1-4,7-9H,5H2. The second-order valence-electron chi connectivity index (χ2n) is 4.01. The van der Waals surface area contributed by atoms with Gasteiger partial charge >= 0.3 is 0 Å². The van der Waals surface area contributed by atoms with E-state index in [2.05, 4.69) is 0 Å². The summed E-state index contributed by atoms with van der Waals surface area (Å²) in [6.45, 7) is 0. The minimum atomic E-state index is -0.951. The molecule has 0 fully saturated rings. The second kappa shape index (κ2) is 5.93. The summed E-state index contributed by atoms with van der Waals surface area (Å²) in [4.78, 5) is 10.5. The Balaban J connectivity index is 2.26. The first-order chi connectivity index (χ1) is 9.63. The fourth-order valence-corrected chi connectivity index (χ4v) is 1.63. The molecule has 0 aliphatic rings. The summed E-state index contributed by atoms with van der Waals surface area (Å²) in [5.74, 6) is -2.23. The molecule has 20 heavy (non-hydrogen) atoms. The molecule has 2 aromatic rings. The van der Waals surface area contributed by atoms with Crippen molar-refractivity contribution in [1.82, 2.24) is 0 Å². The average molecular weight is 273 g/mol. The molecule has 0 amide bonds. The molecule has 2 aromatic carbocycles. The molecule has 0 aliphatic heterocycles. The van der Waals surface area contributed by atoms with Gasteiger partial charge in [0.1, 0.15) is 12.0 Å². The number of carbonyl (C=O) groups excluding carboxylic acids is 1. The Labute approximate surface area is 114 Å². The van der Waals surface area contributed by atoms with Crippen LogP contribution in [0.15, 0.2) is 36.4 Å². The summed E-state index contributed by atoms with van der Waals surface area (Å²) < 4.78 is 32.4. The first-order valence-corrected chi connectivity index (χ1v) is 5.72. The Bertz CT molecular complexity index is 652. The fourth-order valence-electron chi connectivity index (χ4n) is 1.63. The minimum absolute atomic E-state index is 0.100. The van der Waals surface area contributed by atoms with Gasteiger partial charge in [0.25, 0.3) is 0 Å². The summed E-state index contributed by atoms with van der Waals surface area (Å²) in [5, 5.41) is 8.54. The smallest absolute Gasteiger partial charge is 0.198 e. The van der Waals surface area contributed by atoms with Crippen LogP contribution in [0.25, 0.3) is 0 Å². The molecule has 0 saturated carbocycles. The zero-order valence-electron chi connectivity index (χ0n) is 10.3. The third-order valence-corrected chi connectivity index (χ3v) is 2.58. The van der Waals surface area contributed by atoms with Crippen molar-refractivity contribution in [3.8, 4) is 17.6 Å². The van der Waals surface area contributed by atoms with Crippen LogP contribution in [0.1, 0.15) is 15.9 Å². The van der Waals surface area contributed by atoms with Gasteiger partial charge in [0.2, 0.25) is 0 Å². The molecule has 100 valence electrons. The lowest BCUT2D eigenvalue weighted by Gasteiger charge is -2.08. The molecular weight excluding hydrogens is 264 g/mol. The molecular formula is C15H9F2NO2. The molecule has 0 saturated heterocycles. The number of nitrogens with zero attached hydrogens (tertiary/aromatic N) is 1. The van der Waals surface area contributed by atoms with Gasteiger partial charge in [0.15, 0.2) is 17.4 Å². The zero-order valence-corrected chi connectivity index (χ0v) is 10.3. The maximum absolute atomic E-state index is 13.6. The molecule has 2 rings (SSSR count). The Morgan fingerprint density at radius 2 is 1.75 bits per heavy atom. The van der Waals surface area contributed by atoms with Crippen LogP contribution >= 0.6 is 0 Å². The largest absolute Gasteiger partial charge is 0.451 e. The van der Waals surface area contributed by atoms with Crippen LogP contribution in [0.3, 0.4) is 0 Å². The Kier molecular flexibility index (Phi) is 4.06. The highest BCUT2D eigenvalue weighted by Crippen LogP contribution is 2.28. The van der Waals surface area contributed by atoms with E-state index in [9.17, 15) is 13.6 Å². The molecule has 0 bridgehead atoms. The van der Waals surface area contributed by atoms with Crippen molar-refractivity contribution < 1.29 is 18.3 Å². The third kappa shape index (κ3) is 2.98. The van der Waals surface area contributed by atoms with Crippen molar-refractivity contribution in [2.45, 2.75) is 6.42 Å². The van der Waals surface area contributed by atoms with Gasteiger partial charge in [-0.15, -0.1) is 0 Å². The number of benzene rings is 2. The van der Waals surface area contributed by atoms with E-state index >= 15 is 0 Å². The third-order valence-electron chi connectivity index (χ3n) is 2.58. The fraction of sp³-hybridized carbons (Fsp3) is 0.0667. The lowest BCUT2D eigenvalue weighted by molar-refractivity contribution is 0.112. The van der Waals surface area contributed by atoms with E-state index in [1.807, 2.05) is 6.07 Å². The summed E-state index contributed by atoms with van der Waals surface area (Å²) >= 11 is 0. The number of rotatable bonds is 4. The number of hydrogen-bond donors (Lipinski definition) is 0. The van der Waals surface area contributed by atoms with Crippen molar-refractivity contribution in [1.29, 1.82) is 5.26 Å². The van der Waals surface area contributed by atoms with Gasteiger partial charge in [-0.3, -0.25) is 4.79 Å². The van der Waals surface area contributed by atoms with Gasteiger partial charge < -0.3 is 4.74 Å². The van der Waals surface area contributed by atoms with Crippen molar-refractivity contribution in [2.75, 3.05) is 0 Å². The number of aldehydes is 1. The molecule has 3 nitrogen and oxygen atoms in total. The number of hydrogen-bond acceptors (Lipinski definition) is 3. The van der Waals surface area contributed by atoms with Crippen LogP contribution in [0.2, 0.25) is 0 Å². The molecule has 0 unspecified atom stereocenters. The van der Waals surface area contributed by atoms with Crippen LogP contribution in [0.4, 0.5) is 8.78 Å². The summed E-state index contributed by atoms with van der Waals surface area (Å²) in [7, 11) is 0. The summed E-state index contributed by atoms with van der Waals surface area (Å²) in [6.07, 6.45) is 0.601. The zero-order chi connectivity index (χ0) is 14.5. The van der Waals surface area contributed by atoms with Crippen molar-refractivity contribution in [2.24, 2.45) is 0 Å².